The Balaban J connectivity index is 1.54. The van der Waals surface area contributed by atoms with E-state index >= 15 is 0 Å². The van der Waals surface area contributed by atoms with Crippen LogP contribution in [0.3, 0.4) is 0 Å². The second-order valence-electron chi connectivity index (χ2n) is 7.12. The smallest absolute Gasteiger partial charge is 0.272 e. The lowest BCUT2D eigenvalue weighted by Crippen LogP contribution is -2.41. The lowest BCUT2D eigenvalue weighted by atomic mass is 10.00. The summed E-state index contributed by atoms with van der Waals surface area (Å²) in [6.45, 7) is 8.31. The zero-order valence-electron chi connectivity index (χ0n) is 15.4. The van der Waals surface area contributed by atoms with Gasteiger partial charge in [0.2, 0.25) is 0 Å². The Morgan fingerprint density at radius 1 is 1.23 bits per heavy atom. The molecule has 2 amide bonds. The van der Waals surface area contributed by atoms with Crippen molar-refractivity contribution in [3.8, 4) is 0 Å². The Morgan fingerprint density at radius 3 is 2.77 bits per heavy atom. The third-order valence-electron chi connectivity index (χ3n) is 4.96. The van der Waals surface area contributed by atoms with Crippen LogP contribution < -0.4 is 5.32 Å². The largest absolute Gasteiger partial charge is 0.379 e. The molecule has 1 N–H and O–H groups in total. The Morgan fingerprint density at radius 2 is 2.00 bits per heavy atom. The van der Waals surface area contributed by atoms with Gasteiger partial charge in [0, 0.05) is 39.3 Å². The molecule has 142 valence electrons. The molecule has 0 aliphatic carbocycles. The molecule has 0 bridgehead atoms. The predicted molar refractivity (Wildman–Crippen MR) is 98.1 cm³/mol. The second-order valence-corrected chi connectivity index (χ2v) is 7.12. The van der Waals surface area contributed by atoms with Crippen molar-refractivity contribution >= 4 is 11.8 Å². The summed E-state index contributed by atoms with van der Waals surface area (Å²) in [7, 11) is 0. The molecule has 3 rings (SSSR count). The first-order valence-corrected chi connectivity index (χ1v) is 9.48. The number of nitrogens with one attached hydrogen (secondary N) is 1. The molecule has 0 saturated carbocycles. The van der Waals surface area contributed by atoms with E-state index in [0.29, 0.717) is 23.9 Å². The topological polar surface area (TPSA) is 74.8 Å². The Bertz CT molecular complexity index is 631. The third-order valence-corrected chi connectivity index (χ3v) is 4.96. The van der Waals surface area contributed by atoms with Gasteiger partial charge in [0.05, 0.1) is 13.2 Å². The number of piperidine rings is 1. The lowest BCUT2D eigenvalue weighted by Gasteiger charge is -2.30. The number of carbonyl (C=O) groups is 2. The van der Waals surface area contributed by atoms with Crippen LogP contribution in [0.5, 0.6) is 0 Å². The molecule has 1 atom stereocenters. The number of nitrogens with zero attached hydrogens (tertiary/aromatic N) is 3. The summed E-state index contributed by atoms with van der Waals surface area (Å²) in [4.78, 5) is 33.4. The standard InChI is InChI=1S/C19H28N4O3/c1-15-4-3-8-23(14-15)19(25)17-6-2-5-16(21-17)18(24)20-7-9-22-10-12-26-13-11-22/h2,5-6,15H,3-4,7-14H2,1H3,(H,20,24). The van der Waals surface area contributed by atoms with Crippen LogP contribution in [0.2, 0.25) is 0 Å². The monoisotopic (exact) mass is 360 g/mol. The zero-order valence-corrected chi connectivity index (χ0v) is 15.4. The van der Waals surface area contributed by atoms with Gasteiger partial charge in [0.25, 0.3) is 11.8 Å². The number of carbonyl (C=O) groups excluding carboxylic acids is 2. The maximum Gasteiger partial charge on any atom is 0.272 e. The summed E-state index contributed by atoms with van der Waals surface area (Å²) in [5.41, 5.74) is 0.641. The highest BCUT2D eigenvalue weighted by Gasteiger charge is 2.23. The summed E-state index contributed by atoms with van der Waals surface area (Å²) >= 11 is 0. The van der Waals surface area contributed by atoms with Crippen LogP contribution in [-0.4, -0.2) is 79.1 Å². The quantitative estimate of drug-likeness (QED) is 0.848. The summed E-state index contributed by atoms with van der Waals surface area (Å²) in [6.07, 6.45) is 2.18. The van der Waals surface area contributed by atoms with Crippen molar-refractivity contribution in [2.24, 2.45) is 5.92 Å². The maximum atomic E-state index is 12.7. The van der Waals surface area contributed by atoms with E-state index in [9.17, 15) is 9.59 Å². The van der Waals surface area contributed by atoms with Crippen LogP contribution in [0.15, 0.2) is 18.2 Å². The highest BCUT2D eigenvalue weighted by Crippen LogP contribution is 2.17. The number of likely N-dealkylation sites (tertiary alicyclic amines) is 1. The predicted octanol–water partition coefficient (Wildman–Crippen LogP) is 1.02. The van der Waals surface area contributed by atoms with Crippen LogP contribution in [-0.2, 0) is 4.74 Å². The second kappa shape index (κ2) is 9.09. The molecule has 3 heterocycles. The highest BCUT2D eigenvalue weighted by atomic mass is 16.5. The van der Waals surface area contributed by atoms with E-state index in [2.05, 4.69) is 22.1 Å². The fourth-order valence-electron chi connectivity index (χ4n) is 3.46. The fraction of sp³-hybridized carbons (Fsp3) is 0.632. The van der Waals surface area contributed by atoms with E-state index in [-0.39, 0.29) is 11.8 Å². The van der Waals surface area contributed by atoms with Crippen molar-refractivity contribution in [1.29, 1.82) is 0 Å². The minimum atomic E-state index is -0.236. The Hall–Kier alpha value is -1.99. The molecule has 1 aromatic heterocycles. The minimum absolute atomic E-state index is 0.0838. The van der Waals surface area contributed by atoms with E-state index in [1.807, 2.05) is 4.90 Å². The average Bonchev–Trinajstić information content (AvgIpc) is 2.68. The molecule has 2 fully saturated rings. The molecular weight excluding hydrogens is 332 g/mol. The van der Waals surface area contributed by atoms with Gasteiger partial charge in [-0.25, -0.2) is 4.98 Å². The lowest BCUT2D eigenvalue weighted by molar-refractivity contribution is 0.0383. The number of aromatic nitrogens is 1. The first-order chi connectivity index (χ1) is 12.6. The summed E-state index contributed by atoms with van der Waals surface area (Å²) < 4.78 is 5.31. The highest BCUT2D eigenvalue weighted by molar-refractivity contribution is 5.96. The molecule has 26 heavy (non-hydrogen) atoms. The van der Waals surface area contributed by atoms with E-state index in [0.717, 1.165) is 58.8 Å². The van der Waals surface area contributed by atoms with Gasteiger partial charge in [-0.05, 0) is 30.9 Å². The number of ether oxygens (including phenoxy) is 1. The van der Waals surface area contributed by atoms with Gasteiger partial charge >= 0.3 is 0 Å². The number of amides is 2. The molecule has 2 saturated heterocycles. The molecule has 7 heteroatoms. The summed E-state index contributed by atoms with van der Waals surface area (Å²) in [5, 5.41) is 2.89. The van der Waals surface area contributed by atoms with Crippen LogP contribution >= 0.6 is 0 Å². The first kappa shape index (κ1) is 18.8. The Kier molecular flexibility index (Phi) is 6.57. The molecule has 2 aliphatic rings. The van der Waals surface area contributed by atoms with Crippen LogP contribution in [0.1, 0.15) is 40.7 Å². The molecule has 0 radical (unpaired) electrons. The molecule has 7 nitrogen and oxygen atoms in total. The van der Waals surface area contributed by atoms with Gasteiger partial charge in [-0.1, -0.05) is 13.0 Å². The van der Waals surface area contributed by atoms with Crippen LogP contribution in [0.25, 0.3) is 0 Å². The fourth-order valence-corrected chi connectivity index (χ4v) is 3.46. The number of rotatable bonds is 5. The van der Waals surface area contributed by atoms with Gasteiger partial charge < -0.3 is 15.0 Å². The van der Waals surface area contributed by atoms with Crippen molar-refractivity contribution in [3.05, 3.63) is 29.6 Å². The van der Waals surface area contributed by atoms with Crippen LogP contribution in [0.4, 0.5) is 0 Å². The Labute approximate surface area is 154 Å². The normalized spacial score (nSPS) is 21.4. The number of morpholine rings is 1. The number of hydrogen-bond acceptors (Lipinski definition) is 5. The first-order valence-electron chi connectivity index (χ1n) is 9.48. The zero-order chi connectivity index (χ0) is 18.4. The van der Waals surface area contributed by atoms with Crippen molar-refractivity contribution in [2.75, 3.05) is 52.5 Å². The summed E-state index contributed by atoms with van der Waals surface area (Å²) in [6, 6.07) is 5.07. The molecule has 0 aromatic carbocycles. The molecular formula is C19H28N4O3. The van der Waals surface area contributed by atoms with E-state index in [1.54, 1.807) is 18.2 Å². The molecule has 1 aromatic rings. The van der Waals surface area contributed by atoms with Gasteiger partial charge in [0.1, 0.15) is 11.4 Å². The van der Waals surface area contributed by atoms with Gasteiger partial charge in [-0.15, -0.1) is 0 Å². The van der Waals surface area contributed by atoms with Crippen molar-refractivity contribution in [2.45, 2.75) is 19.8 Å². The molecule has 2 aliphatic heterocycles. The van der Waals surface area contributed by atoms with Crippen LogP contribution in [0, 0.1) is 5.92 Å². The number of hydrogen-bond donors (Lipinski definition) is 1. The number of pyridine rings is 1. The van der Waals surface area contributed by atoms with Crippen molar-refractivity contribution in [1.82, 2.24) is 20.1 Å². The third kappa shape index (κ3) is 5.02. The van der Waals surface area contributed by atoms with E-state index < -0.39 is 0 Å². The van der Waals surface area contributed by atoms with Gasteiger partial charge in [-0.2, -0.15) is 0 Å². The van der Waals surface area contributed by atoms with Gasteiger partial charge in [-0.3, -0.25) is 14.5 Å². The minimum Gasteiger partial charge on any atom is -0.379 e. The summed E-state index contributed by atoms with van der Waals surface area (Å²) in [5.74, 6) is 0.193. The van der Waals surface area contributed by atoms with Crippen molar-refractivity contribution < 1.29 is 14.3 Å². The van der Waals surface area contributed by atoms with E-state index in [1.165, 1.54) is 0 Å². The van der Waals surface area contributed by atoms with Crippen molar-refractivity contribution in [3.63, 3.8) is 0 Å². The average molecular weight is 360 g/mol. The molecule has 1 unspecified atom stereocenters. The van der Waals surface area contributed by atoms with E-state index in [4.69, 9.17) is 4.74 Å². The molecule has 0 spiro atoms. The SMILES string of the molecule is CC1CCCN(C(=O)c2cccc(C(=O)NCCN3CCOCC3)n2)C1. The maximum absolute atomic E-state index is 12.7. The van der Waals surface area contributed by atoms with Gasteiger partial charge in [0.15, 0.2) is 0 Å².